The van der Waals surface area contributed by atoms with Crippen LogP contribution < -0.4 is 0 Å². The number of carboxylic acids is 1. The number of hydrogen-bond acceptors (Lipinski definition) is 3. The van der Waals surface area contributed by atoms with Crippen LogP contribution in [0.5, 0.6) is 0 Å². The molecule has 2 unspecified atom stereocenters. The zero-order valence-electron chi connectivity index (χ0n) is 11.4. The predicted molar refractivity (Wildman–Crippen MR) is 73.5 cm³/mol. The SMILES string of the molecule is COCCN1C(=O)CC(C(=O)O)C1c1cc(Cl)ccc1F. The fourth-order valence-corrected chi connectivity index (χ4v) is 2.77. The van der Waals surface area contributed by atoms with E-state index >= 15 is 0 Å². The largest absolute Gasteiger partial charge is 0.481 e. The van der Waals surface area contributed by atoms with Gasteiger partial charge in [0, 0.05) is 30.7 Å². The van der Waals surface area contributed by atoms with Gasteiger partial charge in [0.1, 0.15) is 5.82 Å². The van der Waals surface area contributed by atoms with Crippen LogP contribution in [0.1, 0.15) is 18.0 Å². The van der Waals surface area contributed by atoms with Gasteiger partial charge in [0.2, 0.25) is 5.91 Å². The summed E-state index contributed by atoms with van der Waals surface area (Å²) in [6.45, 7) is 0.451. The lowest BCUT2D eigenvalue weighted by Crippen LogP contribution is -2.33. The molecule has 1 heterocycles. The Kier molecular flexibility index (Phi) is 4.80. The van der Waals surface area contributed by atoms with E-state index in [1.807, 2.05) is 0 Å². The monoisotopic (exact) mass is 315 g/mol. The summed E-state index contributed by atoms with van der Waals surface area (Å²) in [7, 11) is 1.48. The van der Waals surface area contributed by atoms with Crippen LogP contribution in [0, 0.1) is 11.7 Å². The highest BCUT2D eigenvalue weighted by Crippen LogP contribution is 2.39. The van der Waals surface area contributed by atoms with Crippen molar-refractivity contribution in [3.05, 3.63) is 34.6 Å². The van der Waals surface area contributed by atoms with Crippen molar-refractivity contribution in [2.45, 2.75) is 12.5 Å². The lowest BCUT2D eigenvalue weighted by Gasteiger charge is -2.27. The molecule has 1 N–H and O–H groups in total. The summed E-state index contributed by atoms with van der Waals surface area (Å²) in [5.41, 5.74) is 0.122. The normalized spacial score (nSPS) is 21.9. The number of rotatable bonds is 5. The maximum Gasteiger partial charge on any atom is 0.309 e. The lowest BCUT2D eigenvalue weighted by atomic mass is 9.93. The number of methoxy groups -OCH3 is 1. The number of aliphatic carboxylic acids is 1. The third-order valence-electron chi connectivity index (χ3n) is 3.56. The van der Waals surface area contributed by atoms with E-state index in [1.165, 1.54) is 30.2 Å². The molecule has 21 heavy (non-hydrogen) atoms. The molecule has 0 bridgehead atoms. The van der Waals surface area contributed by atoms with Gasteiger partial charge in [-0.25, -0.2) is 4.39 Å². The molecule has 114 valence electrons. The van der Waals surface area contributed by atoms with Crippen molar-refractivity contribution >= 4 is 23.5 Å². The molecule has 0 radical (unpaired) electrons. The van der Waals surface area contributed by atoms with E-state index in [-0.39, 0.29) is 31.0 Å². The van der Waals surface area contributed by atoms with E-state index in [0.29, 0.717) is 5.02 Å². The molecular formula is C14H15ClFNO4. The molecule has 1 fully saturated rings. The highest BCUT2D eigenvalue weighted by molar-refractivity contribution is 6.30. The van der Waals surface area contributed by atoms with Gasteiger partial charge < -0.3 is 14.7 Å². The molecule has 1 aromatic carbocycles. The molecule has 2 atom stereocenters. The standard InChI is InChI=1S/C14H15ClFNO4/c1-21-5-4-17-12(18)7-10(14(19)20)13(17)9-6-8(15)2-3-11(9)16/h2-3,6,10,13H,4-5,7H2,1H3,(H,19,20). The van der Waals surface area contributed by atoms with Gasteiger partial charge >= 0.3 is 5.97 Å². The Bertz CT molecular complexity index is 566. The Labute approximate surface area is 126 Å². The van der Waals surface area contributed by atoms with Crippen LogP contribution in [0.25, 0.3) is 0 Å². The van der Waals surface area contributed by atoms with E-state index in [9.17, 15) is 19.1 Å². The first-order valence-electron chi connectivity index (χ1n) is 6.42. The van der Waals surface area contributed by atoms with Crippen LogP contribution >= 0.6 is 11.6 Å². The second-order valence-corrected chi connectivity index (χ2v) is 5.28. The van der Waals surface area contributed by atoms with Crippen LogP contribution in [0.3, 0.4) is 0 Å². The molecule has 1 aliphatic heterocycles. The Morgan fingerprint density at radius 2 is 2.29 bits per heavy atom. The summed E-state index contributed by atoms with van der Waals surface area (Å²) in [6.07, 6.45) is -0.157. The van der Waals surface area contributed by atoms with Crippen molar-refractivity contribution in [3.8, 4) is 0 Å². The minimum atomic E-state index is -1.13. The van der Waals surface area contributed by atoms with Gasteiger partial charge in [-0.3, -0.25) is 9.59 Å². The number of carbonyl (C=O) groups is 2. The Balaban J connectivity index is 2.43. The molecule has 1 amide bonds. The van der Waals surface area contributed by atoms with E-state index in [0.717, 1.165) is 0 Å². The third kappa shape index (κ3) is 3.16. The van der Waals surface area contributed by atoms with Gasteiger partial charge in [-0.15, -0.1) is 0 Å². The fourth-order valence-electron chi connectivity index (χ4n) is 2.59. The molecule has 2 rings (SSSR count). The number of hydrogen-bond donors (Lipinski definition) is 1. The Morgan fingerprint density at radius 1 is 1.57 bits per heavy atom. The van der Waals surface area contributed by atoms with E-state index in [1.54, 1.807) is 0 Å². The van der Waals surface area contributed by atoms with E-state index in [2.05, 4.69) is 0 Å². The summed E-state index contributed by atoms with van der Waals surface area (Å²) >= 11 is 5.87. The first kappa shape index (κ1) is 15.7. The van der Waals surface area contributed by atoms with Gasteiger partial charge in [-0.1, -0.05) is 11.6 Å². The van der Waals surface area contributed by atoms with Crippen LogP contribution in [-0.2, 0) is 14.3 Å². The van der Waals surface area contributed by atoms with Crippen molar-refractivity contribution < 1.29 is 23.8 Å². The van der Waals surface area contributed by atoms with E-state index in [4.69, 9.17) is 16.3 Å². The molecule has 5 nitrogen and oxygen atoms in total. The Hall–Kier alpha value is -1.66. The highest BCUT2D eigenvalue weighted by Gasteiger charge is 2.45. The van der Waals surface area contributed by atoms with Crippen LogP contribution in [0.2, 0.25) is 5.02 Å². The second kappa shape index (κ2) is 6.41. The molecule has 0 spiro atoms. The lowest BCUT2D eigenvalue weighted by molar-refractivity contribution is -0.142. The summed E-state index contributed by atoms with van der Waals surface area (Å²) < 4.78 is 19.0. The minimum Gasteiger partial charge on any atom is -0.481 e. The number of nitrogens with zero attached hydrogens (tertiary/aromatic N) is 1. The van der Waals surface area contributed by atoms with Crippen molar-refractivity contribution in [1.29, 1.82) is 0 Å². The fraction of sp³-hybridized carbons (Fsp3) is 0.429. The quantitative estimate of drug-likeness (QED) is 0.903. The zero-order valence-corrected chi connectivity index (χ0v) is 12.1. The second-order valence-electron chi connectivity index (χ2n) is 4.84. The average molecular weight is 316 g/mol. The number of carbonyl (C=O) groups excluding carboxylic acids is 1. The predicted octanol–water partition coefficient (Wildman–Crippen LogP) is 2.10. The number of likely N-dealkylation sites (tertiary alicyclic amines) is 1. The number of ether oxygens (including phenoxy) is 1. The highest BCUT2D eigenvalue weighted by atomic mass is 35.5. The zero-order chi connectivity index (χ0) is 15.6. The average Bonchev–Trinajstić information content (AvgIpc) is 2.76. The number of benzene rings is 1. The van der Waals surface area contributed by atoms with Crippen LogP contribution in [0.15, 0.2) is 18.2 Å². The molecular weight excluding hydrogens is 301 g/mol. The first-order chi connectivity index (χ1) is 9.95. The number of carboxylic acid groups (broad SMARTS) is 1. The van der Waals surface area contributed by atoms with Gasteiger partial charge in [-0.2, -0.15) is 0 Å². The molecule has 0 saturated carbocycles. The molecule has 0 aliphatic carbocycles. The van der Waals surface area contributed by atoms with Gasteiger partial charge in [0.15, 0.2) is 0 Å². The van der Waals surface area contributed by atoms with Crippen LogP contribution in [-0.4, -0.2) is 42.1 Å². The number of halogens is 2. The maximum atomic E-state index is 14.1. The maximum absolute atomic E-state index is 14.1. The molecule has 1 aliphatic rings. The van der Waals surface area contributed by atoms with Gasteiger partial charge in [0.05, 0.1) is 18.6 Å². The third-order valence-corrected chi connectivity index (χ3v) is 3.80. The summed E-state index contributed by atoms with van der Waals surface area (Å²) in [5, 5.41) is 9.59. The molecule has 7 heteroatoms. The van der Waals surface area contributed by atoms with Crippen molar-refractivity contribution in [2.75, 3.05) is 20.3 Å². The van der Waals surface area contributed by atoms with Crippen molar-refractivity contribution in [1.82, 2.24) is 4.90 Å². The molecule has 0 aromatic heterocycles. The van der Waals surface area contributed by atoms with Crippen LogP contribution in [0.4, 0.5) is 4.39 Å². The minimum absolute atomic E-state index is 0.122. The molecule has 1 aromatic rings. The number of amides is 1. The smallest absolute Gasteiger partial charge is 0.309 e. The first-order valence-corrected chi connectivity index (χ1v) is 6.79. The summed E-state index contributed by atoms with van der Waals surface area (Å²) in [6, 6.07) is 3.06. The van der Waals surface area contributed by atoms with Gasteiger partial charge in [0.25, 0.3) is 0 Å². The topological polar surface area (TPSA) is 66.8 Å². The summed E-state index contributed by atoms with van der Waals surface area (Å²) in [4.78, 5) is 24.8. The molecule has 1 saturated heterocycles. The van der Waals surface area contributed by atoms with Crippen molar-refractivity contribution in [2.24, 2.45) is 5.92 Å². The summed E-state index contributed by atoms with van der Waals surface area (Å²) in [5.74, 6) is -3.04. The van der Waals surface area contributed by atoms with Crippen molar-refractivity contribution in [3.63, 3.8) is 0 Å². The van der Waals surface area contributed by atoms with E-state index < -0.39 is 23.7 Å². The van der Waals surface area contributed by atoms with Gasteiger partial charge in [-0.05, 0) is 18.2 Å². The Morgan fingerprint density at radius 3 is 2.90 bits per heavy atom.